The number of carbonyl (C=O) groups is 4. The number of carboxylic acid groups (broad SMARTS) is 1. The molecule has 0 aliphatic carbocycles. The molecule has 1 atom stereocenters. The van der Waals surface area contributed by atoms with E-state index in [0.717, 1.165) is 18.4 Å². The number of amides is 3. The molecule has 5 N–H and O–H groups in total. The van der Waals surface area contributed by atoms with Gasteiger partial charge in [0.05, 0.1) is 11.8 Å². The third kappa shape index (κ3) is 6.78. The van der Waals surface area contributed by atoms with E-state index in [-0.39, 0.29) is 30.7 Å². The average Bonchev–Trinajstić information content (AvgIpc) is 2.78. The number of likely N-dealkylation sites (tertiary alicyclic amines) is 1. The standard InChI is InChI=1S/C23H34N4O5/c1-17(28)26-19(9-5-6-13-24)21(31)27-15-11-23(12-16-27,18-7-3-2-4-8-18)22(32)25-14-10-20(29)30/h2-4,7-8,19H,5-6,9-16,24H2,1H3,(H,25,32)(H,26,28)(H,29,30). The number of aliphatic carboxylic acids is 1. The van der Waals surface area contributed by atoms with Gasteiger partial charge in [0.2, 0.25) is 17.7 Å². The van der Waals surface area contributed by atoms with E-state index >= 15 is 0 Å². The van der Waals surface area contributed by atoms with Gasteiger partial charge < -0.3 is 26.4 Å². The smallest absolute Gasteiger partial charge is 0.305 e. The largest absolute Gasteiger partial charge is 0.481 e. The van der Waals surface area contributed by atoms with Crippen LogP contribution in [0.3, 0.4) is 0 Å². The van der Waals surface area contributed by atoms with Crippen molar-refractivity contribution < 1.29 is 24.3 Å². The SMILES string of the molecule is CC(=O)NC(CCCCN)C(=O)N1CCC(C(=O)NCCC(=O)O)(c2ccccc2)CC1. The van der Waals surface area contributed by atoms with Gasteiger partial charge in [0, 0.05) is 26.6 Å². The van der Waals surface area contributed by atoms with Crippen LogP contribution in [0.1, 0.15) is 51.0 Å². The number of hydrogen-bond donors (Lipinski definition) is 4. The van der Waals surface area contributed by atoms with Gasteiger partial charge in [-0.25, -0.2) is 0 Å². The van der Waals surface area contributed by atoms with Gasteiger partial charge in [-0.05, 0) is 44.2 Å². The molecule has 1 aromatic carbocycles. The molecule has 1 aliphatic heterocycles. The first-order valence-corrected chi connectivity index (χ1v) is 11.1. The Kier molecular flexibility index (Phi) is 9.64. The highest BCUT2D eigenvalue weighted by Crippen LogP contribution is 2.36. The van der Waals surface area contributed by atoms with Gasteiger partial charge >= 0.3 is 5.97 Å². The third-order valence-corrected chi connectivity index (χ3v) is 5.94. The number of hydrogen-bond acceptors (Lipinski definition) is 5. The second kappa shape index (κ2) is 12.2. The Bertz CT molecular complexity index is 791. The van der Waals surface area contributed by atoms with Crippen LogP contribution in [0.25, 0.3) is 0 Å². The Morgan fingerprint density at radius 2 is 1.78 bits per heavy atom. The van der Waals surface area contributed by atoms with Crippen molar-refractivity contribution in [2.75, 3.05) is 26.2 Å². The molecular weight excluding hydrogens is 412 g/mol. The molecule has 1 unspecified atom stereocenters. The summed E-state index contributed by atoms with van der Waals surface area (Å²) >= 11 is 0. The molecule has 176 valence electrons. The number of carbonyl (C=O) groups excluding carboxylic acids is 3. The number of rotatable bonds is 11. The molecule has 9 heteroatoms. The topological polar surface area (TPSA) is 142 Å². The third-order valence-electron chi connectivity index (χ3n) is 5.94. The summed E-state index contributed by atoms with van der Waals surface area (Å²) in [6.45, 7) is 2.71. The van der Waals surface area contributed by atoms with E-state index < -0.39 is 17.4 Å². The lowest BCUT2D eigenvalue weighted by atomic mass is 9.71. The Morgan fingerprint density at radius 1 is 1.12 bits per heavy atom. The monoisotopic (exact) mass is 446 g/mol. The molecule has 1 aromatic rings. The lowest BCUT2D eigenvalue weighted by molar-refractivity contribution is -0.140. The number of unbranched alkanes of at least 4 members (excludes halogenated alkanes) is 1. The van der Waals surface area contributed by atoms with Crippen LogP contribution >= 0.6 is 0 Å². The summed E-state index contributed by atoms with van der Waals surface area (Å²) in [6.07, 6.45) is 2.71. The van der Waals surface area contributed by atoms with Gasteiger partial charge in [-0.1, -0.05) is 30.3 Å². The molecule has 9 nitrogen and oxygen atoms in total. The number of nitrogens with two attached hydrogens (primary N) is 1. The van der Waals surface area contributed by atoms with Crippen LogP contribution < -0.4 is 16.4 Å². The van der Waals surface area contributed by atoms with Crippen molar-refractivity contribution in [3.05, 3.63) is 35.9 Å². The fourth-order valence-electron chi connectivity index (χ4n) is 4.18. The number of nitrogens with zero attached hydrogens (tertiary/aromatic N) is 1. The Labute approximate surface area is 188 Å². The van der Waals surface area contributed by atoms with Crippen molar-refractivity contribution in [2.45, 2.75) is 56.9 Å². The minimum Gasteiger partial charge on any atom is -0.481 e. The molecule has 2 rings (SSSR count). The zero-order chi connectivity index (χ0) is 23.6. The molecule has 0 radical (unpaired) electrons. The fourth-order valence-corrected chi connectivity index (χ4v) is 4.18. The lowest BCUT2D eigenvalue weighted by Gasteiger charge is -2.42. The van der Waals surface area contributed by atoms with Gasteiger partial charge in [0.15, 0.2) is 0 Å². The summed E-state index contributed by atoms with van der Waals surface area (Å²) in [5.41, 5.74) is 5.56. The van der Waals surface area contributed by atoms with Crippen molar-refractivity contribution in [3.8, 4) is 0 Å². The fraction of sp³-hybridized carbons (Fsp3) is 0.565. The van der Waals surface area contributed by atoms with Gasteiger partial charge in [-0.3, -0.25) is 19.2 Å². The molecule has 1 fully saturated rings. The summed E-state index contributed by atoms with van der Waals surface area (Å²) in [5.74, 6) is -1.61. The van der Waals surface area contributed by atoms with E-state index in [2.05, 4.69) is 10.6 Å². The molecule has 0 bridgehead atoms. The van der Waals surface area contributed by atoms with E-state index in [0.29, 0.717) is 38.9 Å². The van der Waals surface area contributed by atoms with Gasteiger partial charge in [-0.2, -0.15) is 0 Å². The first-order valence-electron chi connectivity index (χ1n) is 11.1. The lowest BCUT2D eigenvalue weighted by Crippen LogP contribution is -2.56. The molecule has 32 heavy (non-hydrogen) atoms. The van der Waals surface area contributed by atoms with Crippen molar-refractivity contribution in [3.63, 3.8) is 0 Å². The van der Waals surface area contributed by atoms with E-state index in [1.165, 1.54) is 6.92 Å². The Morgan fingerprint density at radius 3 is 2.34 bits per heavy atom. The van der Waals surface area contributed by atoms with Crippen molar-refractivity contribution in [1.29, 1.82) is 0 Å². The number of benzene rings is 1. The molecule has 3 amide bonds. The number of nitrogens with one attached hydrogen (secondary N) is 2. The second-order valence-electron chi connectivity index (χ2n) is 8.21. The average molecular weight is 447 g/mol. The Balaban J connectivity index is 2.13. The zero-order valence-corrected chi connectivity index (χ0v) is 18.6. The highest BCUT2D eigenvalue weighted by Gasteiger charge is 2.44. The maximum absolute atomic E-state index is 13.2. The van der Waals surface area contributed by atoms with Crippen LogP contribution in [0, 0.1) is 0 Å². The summed E-state index contributed by atoms with van der Waals surface area (Å²) in [5, 5.41) is 14.4. The normalized spacial score (nSPS) is 16.1. The molecule has 0 spiro atoms. The van der Waals surface area contributed by atoms with Gasteiger partial charge in [0.1, 0.15) is 6.04 Å². The van der Waals surface area contributed by atoms with E-state index in [4.69, 9.17) is 10.8 Å². The molecule has 1 aliphatic rings. The van der Waals surface area contributed by atoms with Crippen LogP contribution in [-0.2, 0) is 24.6 Å². The summed E-state index contributed by atoms with van der Waals surface area (Å²) < 4.78 is 0. The highest BCUT2D eigenvalue weighted by atomic mass is 16.4. The first-order chi connectivity index (χ1) is 15.3. The van der Waals surface area contributed by atoms with Crippen LogP contribution in [0.5, 0.6) is 0 Å². The van der Waals surface area contributed by atoms with Crippen molar-refractivity contribution >= 4 is 23.7 Å². The quantitative estimate of drug-likeness (QED) is 0.370. The van der Waals surface area contributed by atoms with E-state index in [1.807, 2.05) is 30.3 Å². The van der Waals surface area contributed by atoms with Crippen molar-refractivity contribution in [1.82, 2.24) is 15.5 Å². The van der Waals surface area contributed by atoms with Crippen LogP contribution in [0.15, 0.2) is 30.3 Å². The van der Waals surface area contributed by atoms with Crippen LogP contribution in [-0.4, -0.2) is 65.9 Å². The van der Waals surface area contributed by atoms with Crippen molar-refractivity contribution in [2.24, 2.45) is 5.73 Å². The first kappa shape index (κ1) is 25.3. The summed E-state index contributed by atoms with van der Waals surface area (Å²) in [7, 11) is 0. The maximum Gasteiger partial charge on any atom is 0.305 e. The van der Waals surface area contributed by atoms with Crippen LogP contribution in [0.4, 0.5) is 0 Å². The summed E-state index contributed by atoms with van der Waals surface area (Å²) in [4.78, 5) is 50.4. The number of piperidine rings is 1. The predicted molar refractivity (Wildman–Crippen MR) is 120 cm³/mol. The highest BCUT2D eigenvalue weighted by molar-refractivity contribution is 5.90. The number of carboxylic acids is 1. The zero-order valence-electron chi connectivity index (χ0n) is 18.6. The van der Waals surface area contributed by atoms with Crippen LogP contribution in [0.2, 0.25) is 0 Å². The molecule has 0 aromatic heterocycles. The Hall–Kier alpha value is -2.94. The minimum absolute atomic E-state index is 0.0527. The second-order valence-corrected chi connectivity index (χ2v) is 8.21. The molecule has 1 saturated heterocycles. The molecule has 1 heterocycles. The van der Waals surface area contributed by atoms with E-state index in [1.54, 1.807) is 4.90 Å². The summed E-state index contributed by atoms with van der Waals surface area (Å²) in [6, 6.07) is 8.78. The maximum atomic E-state index is 13.2. The molecule has 0 saturated carbocycles. The predicted octanol–water partition coefficient (Wildman–Crippen LogP) is 0.771. The molecular formula is C23H34N4O5. The van der Waals surface area contributed by atoms with E-state index in [9.17, 15) is 19.2 Å². The van der Waals surface area contributed by atoms with Gasteiger partial charge in [-0.15, -0.1) is 0 Å². The minimum atomic E-state index is -0.974. The van der Waals surface area contributed by atoms with Gasteiger partial charge in [0.25, 0.3) is 0 Å².